The second kappa shape index (κ2) is 50.7. The van der Waals surface area contributed by atoms with E-state index in [1.807, 2.05) is 36.4 Å². The van der Waals surface area contributed by atoms with Crippen molar-refractivity contribution in [2.24, 2.45) is 35.0 Å². The SMILES string of the molecule is CCN(C(=O)OCc1ccc(NC(=O)[C@H](CCCNC(N)=O)CC(=O)[C@@H](NC(=O)[C@H](CCCCN)CC(C)=O)C(C)C)cc1)[C@H]1CO[C@@H](O[C@H]2[C@H](O[C@H]3C#C/C=C\C#C[C@]4(O)CC(=O)C(CC(=O)OC)=C3/C4=C\CSSC(C)(C)CC(N)=O)O[C@H](C)[C@@H](NO[C@H]3C[C@H](O)[C@H](SC(=O)c4c(C)c(I)c(O[C@@H]5O[C@@H](C)[C@H](O)[C@@H](OC)[C@H]5O)c(OC)c4OC)[C@@H](C)O3)[C@@H]2O)C[C@@H]1OC. The van der Waals surface area contributed by atoms with Crippen molar-refractivity contribution < 1.29 is 140 Å². The zero-order valence-electron chi connectivity index (χ0n) is 75.8. The number of aliphatic hydroxyl groups excluding tert-OH is 4. The van der Waals surface area contributed by atoms with Gasteiger partial charge in [0, 0.05) is 104 Å². The summed E-state index contributed by atoms with van der Waals surface area (Å²) in [5, 5.41) is 66.3. The highest BCUT2D eigenvalue weighted by Crippen LogP contribution is 2.50. The van der Waals surface area contributed by atoms with Gasteiger partial charge in [-0.3, -0.25) is 38.4 Å². The van der Waals surface area contributed by atoms with Gasteiger partial charge in [0.2, 0.25) is 34.9 Å². The Hall–Kier alpha value is -7.58. The number of benzene rings is 2. The number of allylic oxidation sites excluding steroid dienone is 2. The van der Waals surface area contributed by atoms with E-state index in [1.165, 1.54) is 74.0 Å². The highest BCUT2D eigenvalue weighted by molar-refractivity contribution is 14.1. The van der Waals surface area contributed by atoms with Crippen LogP contribution in [0, 0.1) is 51.9 Å². The maximum Gasteiger partial charge on any atom is 0.410 e. The molecule has 0 unspecified atom stereocenters. The predicted octanol–water partition coefficient (Wildman–Crippen LogP) is 5.70. The molecule has 4 saturated heterocycles. The number of hydroxylamine groups is 1. The number of thioether (sulfide) groups is 1. The molecular weight excluding hydrogens is 1870 g/mol. The van der Waals surface area contributed by atoms with E-state index in [2.05, 4.69) is 45.1 Å². The van der Waals surface area contributed by atoms with E-state index >= 15 is 0 Å². The number of primary amides is 2. The number of esters is 1. The van der Waals surface area contributed by atoms with Gasteiger partial charge in [0.1, 0.15) is 49.0 Å². The molecule has 2 aliphatic carbocycles. The van der Waals surface area contributed by atoms with Gasteiger partial charge in [0.25, 0.3) is 0 Å². The molecule has 15 N–H and O–H groups in total. The number of urea groups is 1. The third-order valence-electron chi connectivity index (χ3n) is 22.9. The number of amides is 6. The number of hydrogen-bond acceptors (Lipinski definition) is 34. The number of nitrogens with one attached hydrogen (secondary N) is 4. The molecule has 0 saturated carbocycles. The summed E-state index contributed by atoms with van der Waals surface area (Å²) in [6.45, 7) is 16.9. The van der Waals surface area contributed by atoms with E-state index in [0.717, 1.165) is 18.9 Å². The van der Waals surface area contributed by atoms with Gasteiger partial charge >= 0.3 is 18.1 Å². The number of fused-ring (bicyclic) bond motifs is 2. The van der Waals surface area contributed by atoms with E-state index in [1.54, 1.807) is 78.8 Å². The van der Waals surface area contributed by atoms with Crippen LogP contribution in [0.3, 0.4) is 0 Å². The zero-order valence-corrected chi connectivity index (χ0v) is 80.4. The molecule has 2 bridgehead atoms. The van der Waals surface area contributed by atoms with E-state index in [9.17, 15) is 73.5 Å². The topological polar surface area (TPSA) is 530 Å². The Balaban J connectivity index is 1.02. The highest BCUT2D eigenvalue weighted by Gasteiger charge is 2.53. The Bertz CT molecular complexity index is 4510. The minimum absolute atomic E-state index is 0.0103. The van der Waals surface area contributed by atoms with E-state index in [-0.39, 0.29) is 128 Å². The first-order valence-corrected chi connectivity index (χ1v) is 47.3. The molecule has 0 spiro atoms. The van der Waals surface area contributed by atoms with Crippen LogP contribution in [-0.4, -0.2) is 282 Å². The zero-order chi connectivity index (χ0) is 95.8. The van der Waals surface area contributed by atoms with Gasteiger partial charge in [-0.15, -0.1) is 0 Å². The number of carbonyl (C=O) groups excluding carboxylic acids is 10. The molecule has 6 amide bonds. The van der Waals surface area contributed by atoms with E-state index in [4.69, 9.17) is 83.6 Å². The molecule has 720 valence electrons. The van der Waals surface area contributed by atoms with Gasteiger partial charge in [-0.2, -0.15) is 5.48 Å². The fourth-order valence-electron chi connectivity index (χ4n) is 16.1. The quantitative estimate of drug-likeness (QED) is 0.00944. The molecule has 0 radical (unpaired) electrons. The van der Waals surface area contributed by atoms with Gasteiger partial charge in [0.15, 0.2) is 47.5 Å². The third kappa shape index (κ3) is 29.0. The molecule has 22 atom stereocenters. The summed E-state index contributed by atoms with van der Waals surface area (Å²) < 4.78 is 79.2. The molecule has 6 aliphatic rings. The van der Waals surface area contributed by atoms with Crippen LogP contribution in [-0.2, 0) is 92.4 Å². The lowest BCUT2D eigenvalue weighted by molar-refractivity contribution is -0.337. The standard InChI is InChI=1S/C89H125IN8O29S3/c1-16-98(87(112)120-43-51-27-29-54(30-28-51)95-81(108)53(25-23-34-94-86(93)111)37-58(100)70(45(2)3)96-82(109)52(36-46(4)99)24-20-22-33-91)57-44-119-65(40-62(57)114-11)125-78-73(106)71(48(6)122-85(78)124-61-26-19-17-18-21-32-89(113)41-60(102)55(38-64(104)115-12)68(61)56(89)31-35-128-130-88(9,10)42-63(92)103)97-127-66-39-59(101)80(50(8)121-66)129-83(110)67-47(5)69(90)76(79(118-15)75(67)116-13)126-84-74(107)77(117-14)72(105)49(7)123-84/h17-18,27-31,45,48-50,52-53,57,59,61-62,65-66,70-74,77-78,80,84-85,97,101,105-107,113H,16,20,22-25,33-44,91H2,1-15H3,(H2,92,103)(H,95,108)(H,96,109)(H3,93,94,111)/b18-17-,56-31+/t48-,49+,50-,52-,53-,57+,59+,61+,62+,65+,66+,70+,71-,72+,73+,74-,77-,78-,80-,84+,85+,89+/m1/s1. The number of carbonyl (C=O) groups is 10. The van der Waals surface area contributed by atoms with E-state index < -0.39 is 203 Å². The number of aliphatic hydroxyl groups is 5. The summed E-state index contributed by atoms with van der Waals surface area (Å²) in [6.07, 6.45) is -15.4. The Labute approximate surface area is 783 Å². The number of Topliss-reactive ketones (excluding diaryl/α,β-unsaturated/α-hetero) is 3. The number of nitrogens with zero attached hydrogens (tertiary/aromatic N) is 1. The number of halogens is 1. The number of methoxy groups -OCH3 is 5. The first-order chi connectivity index (χ1) is 61.7. The average Bonchev–Trinajstić information content (AvgIpc) is 0.745. The van der Waals surface area contributed by atoms with Crippen LogP contribution in [0.5, 0.6) is 17.2 Å². The van der Waals surface area contributed by atoms with Crippen LogP contribution < -0.4 is 52.8 Å². The predicted molar refractivity (Wildman–Crippen MR) is 487 cm³/mol. The van der Waals surface area contributed by atoms with E-state index in [0.29, 0.717) is 46.2 Å². The molecule has 4 heterocycles. The number of hydrogen-bond donors (Lipinski definition) is 12. The number of nitrogens with two attached hydrogens (primary N) is 3. The lowest BCUT2D eigenvalue weighted by Gasteiger charge is -2.47. The fourth-order valence-corrected chi connectivity index (χ4v) is 20.2. The summed E-state index contributed by atoms with van der Waals surface area (Å²) in [4.78, 5) is 142. The van der Waals surface area contributed by atoms with Gasteiger partial charge in [0.05, 0.1) is 104 Å². The molecule has 2 aromatic carbocycles. The molecule has 4 fully saturated rings. The molecule has 130 heavy (non-hydrogen) atoms. The van der Waals surface area contributed by atoms with Crippen molar-refractivity contribution in [3.05, 3.63) is 79.5 Å². The smallest absolute Gasteiger partial charge is 0.410 e. The second-order valence-electron chi connectivity index (χ2n) is 33.4. The van der Waals surface area contributed by atoms with Crippen molar-refractivity contribution in [1.29, 1.82) is 0 Å². The fraction of sp³-hybridized carbons (Fsp3) is 0.640. The van der Waals surface area contributed by atoms with Crippen molar-refractivity contribution in [3.63, 3.8) is 0 Å². The Kier molecular flexibility index (Phi) is 42.0. The van der Waals surface area contributed by atoms with Crippen LogP contribution in [0.25, 0.3) is 0 Å². The largest absolute Gasteiger partial charge is 0.492 e. The highest BCUT2D eigenvalue weighted by atomic mass is 127. The van der Waals surface area contributed by atoms with Crippen molar-refractivity contribution >= 4 is 120 Å². The Morgan fingerprint density at radius 3 is 2.12 bits per heavy atom. The van der Waals surface area contributed by atoms with Crippen LogP contribution in [0.2, 0.25) is 0 Å². The van der Waals surface area contributed by atoms with Gasteiger partial charge in [-0.05, 0) is 152 Å². The molecule has 8 rings (SSSR count). The number of ketones is 3. The summed E-state index contributed by atoms with van der Waals surface area (Å²) in [5.41, 5.74) is 18.4. The first-order valence-electron chi connectivity index (χ1n) is 43.0. The average molecular weight is 1990 g/mol. The Morgan fingerprint density at radius 1 is 0.808 bits per heavy atom. The van der Waals surface area contributed by atoms with Crippen LogP contribution in [0.15, 0.2) is 59.2 Å². The minimum Gasteiger partial charge on any atom is -0.492 e. The summed E-state index contributed by atoms with van der Waals surface area (Å²) in [6, 6.07) is 2.59. The third-order valence-corrected chi connectivity index (χ3v) is 28.7. The molecule has 2 aromatic rings. The number of likely N-dealkylation sites (N-methyl/N-ethyl adjacent to an activating group) is 1. The monoisotopic (exact) mass is 1990 g/mol. The minimum atomic E-state index is -2.21. The van der Waals surface area contributed by atoms with Crippen molar-refractivity contribution in [2.75, 3.05) is 72.9 Å². The van der Waals surface area contributed by atoms with Crippen LogP contribution in [0.4, 0.5) is 15.3 Å². The molecule has 37 nitrogen and oxygen atoms in total. The van der Waals surface area contributed by atoms with Crippen molar-refractivity contribution in [3.8, 4) is 40.9 Å². The number of anilines is 1. The summed E-state index contributed by atoms with van der Waals surface area (Å²) in [7, 11) is 9.21. The Morgan fingerprint density at radius 2 is 1.49 bits per heavy atom. The lowest BCUT2D eigenvalue weighted by atomic mass is 9.72. The number of ether oxygens (including phenoxy) is 13. The van der Waals surface area contributed by atoms with Crippen LogP contribution >= 0.6 is 55.9 Å². The first kappa shape index (κ1) is 108. The number of rotatable bonds is 45. The van der Waals surface area contributed by atoms with Crippen molar-refractivity contribution in [2.45, 2.75) is 279 Å². The van der Waals surface area contributed by atoms with Gasteiger partial charge in [-0.25, -0.2) is 9.59 Å². The molecular formula is C89H125IN8O29S3. The van der Waals surface area contributed by atoms with Crippen LogP contribution in [0.1, 0.15) is 161 Å². The lowest BCUT2D eigenvalue weighted by Crippen LogP contribution is -2.65. The number of unbranched alkanes of at least 4 members (excludes halogenated alkanes) is 1. The summed E-state index contributed by atoms with van der Waals surface area (Å²) >= 11 is 2.75. The molecule has 41 heteroatoms. The summed E-state index contributed by atoms with van der Waals surface area (Å²) in [5.74, 6) is 6.09. The second-order valence-corrected chi connectivity index (χ2v) is 38.7. The molecule has 0 aromatic heterocycles. The molecule has 4 aliphatic heterocycles. The maximum absolute atomic E-state index is 14.7. The van der Waals surface area contributed by atoms with Gasteiger partial charge in [-0.1, -0.05) is 95.5 Å². The van der Waals surface area contributed by atoms with Gasteiger partial charge < -0.3 is 130 Å². The maximum atomic E-state index is 14.7. The normalized spacial score (nSPS) is 28.0. The van der Waals surface area contributed by atoms with Crippen molar-refractivity contribution in [1.82, 2.24) is 21.0 Å².